The third-order valence-electron chi connectivity index (χ3n) is 3.15. The van der Waals surface area contributed by atoms with Crippen LogP contribution in [-0.4, -0.2) is 61.6 Å². The fraction of sp³-hybridized carbons (Fsp3) is 0.933. The lowest BCUT2D eigenvalue weighted by atomic mass is 10.2. The van der Waals surface area contributed by atoms with Crippen LogP contribution in [0.4, 0.5) is 0 Å². The summed E-state index contributed by atoms with van der Waals surface area (Å²) in [7, 11) is 8.56. The molecule has 0 unspecified atom stereocenters. The topological polar surface area (TPSA) is 9.49 Å². The average Bonchev–Trinajstić information content (AvgIpc) is 2.28. The Hall–Kier alpha value is -0.440. The van der Waals surface area contributed by atoms with Gasteiger partial charge in [0.1, 0.15) is 0 Å². The molecule has 0 spiro atoms. The van der Waals surface area contributed by atoms with Gasteiger partial charge in [-0.15, -0.1) is 0 Å². The molecular weight excluding hydrogens is 258 g/mol. The lowest BCUT2D eigenvalue weighted by Crippen LogP contribution is -3.00. The lowest BCUT2D eigenvalue weighted by molar-refractivity contribution is -0.476. The van der Waals surface area contributed by atoms with Crippen molar-refractivity contribution < 1.29 is 17.0 Å². The summed E-state index contributed by atoms with van der Waals surface area (Å²) in [5, 5.41) is 0. The van der Waals surface area contributed by atoms with Crippen LogP contribution in [0.1, 0.15) is 52.4 Å². The molecule has 0 aromatic carbocycles. The van der Waals surface area contributed by atoms with Crippen molar-refractivity contribution in [2.45, 2.75) is 52.4 Å². The minimum Gasteiger partial charge on any atom is -1.00 e. The predicted octanol–water partition coefficient (Wildman–Crippen LogP) is -0.137. The molecule has 0 bridgehead atoms. The predicted molar refractivity (Wildman–Crippen MR) is 81.4 cm³/mol. The molecule has 0 aromatic heterocycles. The zero-order valence-electron chi connectivity index (χ0n) is 13.9. The summed E-state index contributed by atoms with van der Waals surface area (Å²) < 4.78 is 2.23. The molecule has 0 atom stereocenters. The van der Waals surface area contributed by atoms with Crippen molar-refractivity contribution >= 4 is 5.96 Å². The summed E-state index contributed by atoms with van der Waals surface area (Å²) in [5.41, 5.74) is 0. The van der Waals surface area contributed by atoms with Crippen LogP contribution in [0.25, 0.3) is 0 Å². The second-order valence-corrected chi connectivity index (χ2v) is 5.49. The van der Waals surface area contributed by atoms with E-state index in [0.717, 1.165) is 0 Å². The summed E-state index contributed by atoms with van der Waals surface area (Å²) in [6.07, 6.45) is 7.85. The maximum atomic E-state index is 2.55. The second-order valence-electron chi connectivity index (χ2n) is 5.49. The van der Waals surface area contributed by atoms with Gasteiger partial charge in [-0.05, 0) is 12.8 Å². The fourth-order valence-electron chi connectivity index (χ4n) is 2.38. The number of unbranched alkanes of at least 4 members (excludes halogenated alkanes) is 4. The van der Waals surface area contributed by atoms with E-state index < -0.39 is 0 Å². The Bertz CT molecular complexity index is 226. The highest BCUT2D eigenvalue weighted by atomic mass is 35.5. The molecule has 0 radical (unpaired) electrons. The molecular formula is C15H34ClN3. The Labute approximate surface area is 127 Å². The maximum absolute atomic E-state index is 2.55. The van der Waals surface area contributed by atoms with E-state index in [1.807, 2.05) is 0 Å². The van der Waals surface area contributed by atoms with Gasteiger partial charge in [0, 0.05) is 0 Å². The molecule has 0 aliphatic heterocycles. The van der Waals surface area contributed by atoms with Crippen molar-refractivity contribution in [3.63, 3.8) is 0 Å². The van der Waals surface area contributed by atoms with Crippen LogP contribution in [0, 0.1) is 0 Å². The van der Waals surface area contributed by atoms with E-state index >= 15 is 0 Å². The first-order valence-corrected chi connectivity index (χ1v) is 7.51. The van der Waals surface area contributed by atoms with Gasteiger partial charge in [-0.3, -0.25) is 14.4 Å². The third kappa shape index (κ3) is 9.15. The number of halogens is 1. The zero-order valence-corrected chi connectivity index (χ0v) is 14.6. The molecule has 0 saturated heterocycles. The van der Waals surface area contributed by atoms with Gasteiger partial charge < -0.3 is 12.4 Å². The molecule has 116 valence electrons. The molecule has 0 N–H and O–H groups in total. The molecule has 0 amide bonds. The summed E-state index contributed by atoms with van der Waals surface area (Å²) >= 11 is 0. The summed E-state index contributed by atoms with van der Waals surface area (Å²) in [4.78, 5) is 4.78. The van der Waals surface area contributed by atoms with Crippen LogP contribution in [0.15, 0.2) is 0 Å². The molecule has 19 heavy (non-hydrogen) atoms. The van der Waals surface area contributed by atoms with E-state index in [-0.39, 0.29) is 12.4 Å². The van der Waals surface area contributed by atoms with E-state index in [0.29, 0.717) is 0 Å². The number of guanidine groups is 1. The summed E-state index contributed by atoms with van der Waals surface area (Å²) in [6.45, 7) is 6.90. The van der Waals surface area contributed by atoms with Gasteiger partial charge in [0.25, 0.3) is 0 Å². The van der Waals surface area contributed by atoms with E-state index in [2.05, 4.69) is 56.4 Å². The molecule has 4 heteroatoms. The van der Waals surface area contributed by atoms with Crippen LogP contribution in [-0.2, 0) is 0 Å². The monoisotopic (exact) mass is 291 g/mol. The number of rotatable bonds is 8. The van der Waals surface area contributed by atoms with E-state index in [9.17, 15) is 0 Å². The van der Waals surface area contributed by atoms with Crippen molar-refractivity contribution in [3.8, 4) is 0 Å². The first-order valence-electron chi connectivity index (χ1n) is 7.51. The normalized spacial score (nSPS) is 9.79. The number of hydrogen-bond donors (Lipinski definition) is 0. The minimum atomic E-state index is 0. The Balaban J connectivity index is 0. The Morgan fingerprint density at radius 2 is 1.26 bits per heavy atom. The van der Waals surface area contributed by atoms with Crippen molar-refractivity contribution in [2.75, 3.05) is 41.3 Å². The minimum absolute atomic E-state index is 0. The highest BCUT2D eigenvalue weighted by Gasteiger charge is 2.21. The van der Waals surface area contributed by atoms with Crippen LogP contribution in [0.3, 0.4) is 0 Å². The molecule has 0 heterocycles. The average molecular weight is 292 g/mol. The van der Waals surface area contributed by atoms with Gasteiger partial charge in [0.05, 0.1) is 41.3 Å². The van der Waals surface area contributed by atoms with Crippen LogP contribution < -0.4 is 12.4 Å². The Morgan fingerprint density at radius 3 is 1.53 bits per heavy atom. The SMILES string of the molecule is CCCCCN(CCCCC)C(N(C)C)=[N+](C)C.[Cl-]. The molecule has 0 aromatic rings. The van der Waals surface area contributed by atoms with Gasteiger partial charge in [0.2, 0.25) is 0 Å². The zero-order chi connectivity index (χ0) is 14.0. The lowest BCUT2D eigenvalue weighted by Gasteiger charge is -2.25. The Kier molecular flexibility index (Phi) is 13.8. The van der Waals surface area contributed by atoms with Crippen molar-refractivity contribution in [1.29, 1.82) is 0 Å². The fourth-order valence-corrected chi connectivity index (χ4v) is 2.38. The quantitative estimate of drug-likeness (QED) is 0.267. The van der Waals surface area contributed by atoms with Crippen LogP contribution in [0.5, 0.6) is 0 Å². The Morgan fingerprint density at radius 1 is 0.842 bits per heavy atom. The first kappa shape index (κ1) is 20.9. The third-order valence-corrected chi connectivity index (χ3v) is 3.15. The first-order chi connectivity index (χ1) is 8.54. The number of hydrogen-bond acceptors (Lipinski definition) is 0. The van der Waals surface area contributed by atoms with E-state index in [1.54, 1.807) is 0 Å². The van der Waals surface area contributed by atoms with Crippen molar-refractivity contribution in [3.05, 3.63) is 0 Å². The van der Waals surface area contributed by atoms with Gasteiger partial charge in [-0.1, -0.05) is 39.5 Å². The van der Waals surface area contributed by atoms with Crippen molar-refractivity contribution in [1.82, 2.24) is 9.80 Å². The molecule has 0 saturated carbocycles. The van der Waals surface area contributed by atoms with Crippen molar-refractivity contribution in [2.24, 2.45) is 0 Å². The van der Waals surface area contributed by atoms with E-state index in [4.69, 9.17) is 0 Å². The largest absolute Gasteiger partial charge is 1.00 e. The second kappa shape index (κ2) is 12.6. The highest BCUT2D eigenvalue weighted by molar-refractivity contribution is 5.74. The maximum Gasteiger partial charge on any atom is 0.349 e. The molecule has 3 nitrogen and oxygen atoms in total. The molecule has 0 aliphatic rings. The highest BCUT2D eigenvalue weighted by Crippen LogP contribution is 2.05. The van der Waals surface area contributed by atoms with Crippen LogP contribution in [0.2, 0.25) is 0 Å². The van der Waals surface area contributed by atoms with Gasteiger partial charge in [-0.2, -0.15) is 0 Å². The van der Waals surface area contributed by atoms with Gasteiger partial charge in [0.15, 0.2) is 0 Å². The smallest absolute Gasteiger partial charge is 0.349 e. The van der Waals surface area contributed by atoms with E-state index in [1.165, 1.54) is 57.6 Å². The standard InChI is InChI=1S/C15H34N3.ClH/c1-7-9-11-13-18(14-12-10-8-2)15(16(3)4)17(5)6;/h7-14H2,1-6H3;1H/q+1;/p-1. The number of nitrogens with zero attached hydrogens (tertiary/aromatic N) is 3. The molecule has 0 rings (SSSR count). The molecule has 0 aliphatic carbocycles. The van der Waals surface area contributed by atoms with Crippen LogP contribution >= 0.6 is 0 Å². The summed E-state index contributed by atoms with van der Waals surface area (Å²) in [6, 6.07) is 0. The summed E-state index contributed by atoms with van der Waals surface area (Å²) in [5.74, 6) is 1.34. The molecule has 0 fully saturated rings. The van der Waals surface area contributed by atoms with Gasteiger partial charge >= 0.3 is 5.96 Å². The van der Waals surface area contributed by atoms with Gasteiger partial charge in [-0.25, -0.2) is 0 Å².